The lowest BCUT2D eigenvalue weighted by atomic mass is 10.0. The van der Waals surface area contributed by atoms with Gasteiger partial charge in [0.2, 0.25) is 11.7 Å². The van der Waals surface area contributed by atoms with E-state index in [0.717, 1.165) is 11.5 Å². The van der Waals surface area contributed by atoms with Crippen LogP contribution in [0.2, 0.25) is 0 Å². The van der Waals surface area contributed by atoms with Crippen LogP contribution in [0.4, 0.5) is 4.39 Å². The molecular formula is C20H23FN6O6. The maximum Gasteiger partial charge on any atom is 0.327 e. The van der Waals surface area contributed by atoms with Crippen molar-refractivity contribution in [3.63, 3.8) is 0 Å². The van der Waals surface area contributed by atoms with Gasteiger partial charge in [-0.15, -0.1) is 0 Å². The van der Waals surface area contributed by atoms with Gasteiger partial charge in [0, 0.05) is 20.5 Å². The molecule has 0 unspecified atom stereocenters. The molecule has 0 atom stereocenters. The maximum atomic E-state index is 13.0. The third kappa shape index (κ3) is 6.12. The van der Waals surface area contributed by atoms with Crippen LogP contribution in [0.1, 0.15) is 42.6 Å². The van der Waals surface area contributed by atoms with Gasteiger partial charge in [0.1, 0.15) is 11.6 Å². The van der Waals surface area contributed by atoms with E-state index in [1.807, 2.05) is 10.9 Å². The second kappa shape index (κ2) is 9.89. The smallest absolute Gasteiger partial charge is 0.327 e. The first kappa shape index (κ1) is 25.0. The van der Waals surface area contributed by atoms with Crippen molar-refractivity contribution in [3.05, 3.63) is 57.5 Å². The molecular weight excluding hydrogens is 439 g/mol. The first-order valence-electron chi connectivity index (χ1n) is 9.55. The average Bonchev–Trinajstić information content (AvgIpc) is 2.74. The van der Waals surface area contributed by atoms with Gasteiger partial charge < -0.3 is 15.7 Å². The Kier molecular flexibility index (Phi) is 7.48. The van der Waals surface area contributed by atoms with Gasteiger partial charge in [0.15, 0.2) is 5.69 Å². The molecule has 0 spiro atoms. The molecule has 2 rings (SSSR count). The third-order valence-electron chi connectivity index (χ3n) is 4.39. The number of nitrogens with zero attached hydrogens (tertiary/aromatic N) is 2. The number of aromatic hydroxyl groups is 1. The molecule has 176 valence electrons. The van der Waals surface area contributed by atoms with E-state index in [4.69, 9.17) is 0 Å². The van der Waals surface area contributed by atoms with Crippen molar-refractivity contribution in [1.29, 1.82) is 0 Å². The number of hydrogen-bond acceptors (Lipinski definition) is 7. The van der Waals surface area contributed by atoms with E-state index in [1.165, 1.54) is 45.2 Å². The molecule has 0 bridgehead atoms. The zero-order valence-electron chi connectivity index (χ0n) is 18.3. The van der Waals surface area contributed by atoms with E-state index in [-0.39, 0.29) is 12.4 Å². The van der Waals surface area contributed by atoms with E-state index in [9.17, 15) is 33.5 Å². The van der Waals surface area contributed by atoms with Gasteiger partial charge in [-0.25, -0.2) is 9.37 Å². The van der Waals surface area contributed by atoms with Gasteiger partial charge in [-0.2, -0.15) is 0 Å². The molecule has 0 aliphatic heterocycles. The lowest BCUT2D eigenvalue weighted by Crippen LogP contribution is -2.53. The summed E-state index contributed by atoms with van der Waals surface area (Å²) in [6.07, 6.45) is 0. The summed E-state index contributed by atoms with van der Waals surface area (Å²) in [6.45, 7) is 3.92. The largest absolute Gasteiger partial charge is 0.501 e. The predicted octanol–water partition coefficient (Wildman–Crippen LogP) is -0.926. The Balaban J connectivity index is 2.28. The number of halogens is 1. The summed E-state index contributed by atoms with van der Waals surface area (Å²) in [4.78, 5) is 64.0. The fourth-order valence-corrected chi connectivity index (χ4v) is 2.77. The number of hydrogen-bond donors (Lipinski definition) is 5. The van der Waals surface area contributed by atoms with Crippen molar-refractivity contribution in [2.45, 2.75) is 32.9 Å². The van der Waals surface area contributed by atoms with Crippen LogP contribution in [0.15, 0.2) is 29.1 Å². The van der Waals surface area contributed by atoms with Crippen LogP contribution in [0.3, 0.4) is 0 Å². The number of aromatic nitrogens is 2. The van der Waals surface area contributed by atoms with E-state index in [0.29, 0.717) is 5.56 Å². The summed E-state index contributed by atoms with van der Waals surface area (Å²) >= 11 is 0. The summed E-state index contributed by atoms with van der Waals surface area (Å²) < 4.78 is 13.9. The number of hydrazine groups is 1. The topological polar surface area (TPSA) is 172 Å². The summed E-state index contributed by atoms with van der Waals surface area (Å²) in [5, 5.41) is 15.0. The Hall–Kier alpha value is -4.29. The minimum atomic E-state index is -1.46. The third-order valence-corrected chi connectivity index (χ3v) is 4.39. The number of benzene rings is 1. The first-order valence-corrected chi connectivity index (χ1v) is 9.55. The highest BCUT2D eigenvalue weighted by molar-refractivity contribution is 6.35. The van der Waals surface area contributed by atoms with E-state index < -0.39 is 52.0 Å². The highest BCUT2D eigenvalue weighted by Gasteiger charge is 2.32. The van der Waals surface area contributed by atoms with Crippen LogP contribution in [-0.2, 0) is 33.5 Å². The monoisotopic (exact) mass is 462 g/mol. The van der Waals surface area contributed by atoms with E-state index >= 15 is 0 Å². The summed E-state index contributed by atoms with van der Waals surface area (Å²) in [5.41, 5.74) is 1.39. The Bertz CT molecular complexity index is 1160. The fraction of sp³-hybridized carbons (Fsp3) is 0.300. The van der Waals surface area contributed by atoms with Crippen molar-refractivity contribution < 1.29 is 28.7 Å². The van der Waals surface area contributed by atoms with Crippen molar-refractivity contribution in [2.24, 2.45) is 7.05 Å². The summed E-state index contributed by atoms with van der Waals surface area (Å²) in [5.74, 6) is -5.33. The molecule has 33 heavy (non-hydrogen) atoms. The zero-order chi connectivity index (χ0) is 24.9. The molecule has 0 saturated heterocycles. The van der Waals surface area contributed by atoms with Crippen LogP contribution in [-0.4, -0.2) is 38.3 Å². The molecule has 4 amide bonds. The number of rotatable bonds is 5. The second-order valence-electron chi connectivity index (χ2n) is 7.52. The SMILES string of the molecule is CC(=O)NNC(=O)C(=O)NC(C)(C)c1nc(C(=O)NCc2ccc(F)cc2)c(O)c(=O)n1C. The second-order valence-corrected chi connectivity index (χ2v) is 7.52. The van der Waals surface area contributed by atoms with Gasteiger partial charge in [-0.3, -0.25) is 39.4 Å². The predicted molar refractivity (Wildman–Crippen MR) is 112 cm³/mol. The maximum absolute atomic E-state index is 13.0. The number of carbonyl (C=O) groups excluding carboxylic acids is 4. The zero-order valence-corrected chi connectivity index (χ0v) is 18.3. The molecule has 1 aromatic carbocycles. The molecule has 5 N–H and O–H groups in total. The van der Waals surface area contributed by atoms with Crippen molar-refractivity contribution in [3.8, 4) is 5.75 Å². The number of amides is 4. The van der Waals surface area contributed by atoms with Crippen LogP contribution in [0.25, 0.3) is 0 Å². The van der Waals surface area contributed by atoms with Crippen molar-refractivity contribution >= 4 is 23.6 Å². The molecule has 0 aliphatic rings. The first-order chi connectivity index (χ1) is 15.3. The summed E-state index contributed by atoms with van der Waals surface area (Å²) in [6, 6.07) is 5.31. The van der Waals surface area contributed by atoms with Gasteiger partial charge in [-0.1, -0.05) is 12.1 Å². The van der Waals surface area contributed by atoms with Gasteiger partial charge >= 0.3 is 11.8 Å². The summed E-state index contributed by atoms with van der Waals surface area (Å²) in [7, 11) is 1.26. The normalized spacial score (nSPS) is 10.8. The number of nitrogens with one attached hydrogen (secondary N) is 4. The molecule has 1 aromatic heterocycles. The van der Waals surface area contributed by atoms with E-state index in [1.54, 1.807) is 0 Å². The quantitative estimate of drug-likeness (QED) is 0.282. The van der Waals surface area contributed by atoms with Crippen molar-refractivity contribution in [2.75, 3.05) is 0 Å². The van der Waals surface area contributed by atoms with Crippen LogP contribution in [0.5, 0.6) is 5.75 Å². The molecule has 1 heterocycles. The molecule has 0 radical (unpaired) electrons. The minimum Gasteiger partial charge on any atom is -0.501 e. The Morgan fingerprint density at radius 3 is 2.27 bits per heavy atom. The minimum absolute atomic E-state index is 0.0335. The highest BCUT2D eigenvalue weighted by atomic mass is 19.1. The molecule has 0 saturated carbocycles. The lowest BCUT2D eigenvalue weighted by molar-refractivity contribution is -0.141. The van der Waals surface area contributed by atoms with Crippen LogP contribution < -0.4 is 27.0 Å². The van der Waals surface area contributed by atoms with Crippen LogP contribution >= 0.6 is 0 Å². The standard InChI is InChI=1S/C20H23FN6O6/c1-10(28)25-26-17(32)16(31)24-20(2,3)19-23-13(14(29)18(33)27(19)4)15(30)22-9-11-5-7-12(21)8-6-11/h5-8,29H,9H2,1-4H3,(H,22,30)(H,24,31)(H,25,28)(H,26,32). The molecule has 2 aromatic rings. The average molecular weight is 462 g/mol. The molecule has 0 fully saturated rings. The van der Waals surface area contributed by atoms with Crippen molar-refractivity contribution in [1.82, 2.24) is 31.0 Å². The van der Waals surface area contributed by atoms with E-state index in [2.05, 4.69) is 15.6 Å². The lowest BCUT2D eigenvalue weighted by Gasteiger charge is -2.27. The van der Waals surface area contributed by atoms with Gasteiger partial charge in [-0.05, 0) is 31.5 Å². The van der Waals surface area contributed by atoms with Gasteiger partial charge in [0.05, 0.1) is 5.54 Å². The number of carbonyl (C=O) groups is 4. The van der Waals surface area contributed by atoms with Gasteiger partial charge in [0.25, 0.3) is 11.5 Å². The molecule has 13 heteroatoms. The Labute approximate surface area is 187 Å². The molecule has 12 nitrogen and oxygen atoms in total. The Morgan fingerprint density at radius 1 is 1.09 bits per heavy atom. The Morgan fingerprint density at radius 2 is 1.70 bits per heavy atom. The molecule has 0 aliphatic carbocycles. The fourth-order valence-electron chi connectivity index (χ4n) is 2.77. The highest BCUT2D eigenvalue weighted by Crippen LogP contribution is 2.20. The van der Waals surface area contributed by atoms with Crippen LogP contribution in [0, 0.1) is 5.82 Å².